The van der Waals surface area contributed by atoms with Gasteiger partial charge in [0.05, 0.1) is 6.10 Å². The molecule has 5 nitrogen and oxygen atoms in total. The zero-order valence-electron chi connectivity index (χ0n) is 6.60. The highest BCUT2D eigenvalue weighted by Crippen LogP contribution is 2.04. The van der Waals surface area contributed by atoms with Crippen LogP contribution in [0.4, 0.5) is 0 Å². The Balaban J connectivity index is 3.82. The Bertz CT molecular complexity index is 137. The first-order chi connectivity index (χ1) is 4.95. The molecule has 0 rings (SSSR count). The minimum Gasteiger partial charge on any atom is -0.393 e. The number of nitrogens with zero attached hydrogens (tertiary/aromatic N) is 1. The molecule has 0 aliphatic heterocycles. The third kappa shape index (κ3) is 3.90. The van der Waals surface area contributed by atoms with Crippen LogP contribution >= 0.6 is 0 Å². The molecule has 0 amide bonds. The van der Waals surface area contributed by atoms with Gasteiger partial charge in [0.15, 0.2) is 0 Å². The number of nitro groups is 1. The van der Waals surface area contributed by atoms with Gasteiger partial charge in [-0.05, 0) is 6.92 Å². The fourth-order valence-electron chi connectivity index (χ4n) is 0.687. The highest BCUT2D eigenvalue weighted by molar-refractivity contribution is 4.65. The van der Waals surface area contributed by atoms with Gasteiger partial charge < -0.3 is 10.2 Å². The van der Waals surface area contributed by atoms with Crippen molar-refractivity contribution in [2.75, 3.05) is 0 Å². The number of hydrogen-bond acceptors (Lipinski definition) is 4. The first-order valence-electron chi connectivity index (χ1n) is 3.44. The second-order valence-electron chi connectivity index (χ2n) is 2.68. The van der Waals surface area contributed by atoms with Crippen LogP contribution in [0.3, 0.4) is 0 Å². The largest absolute Gasteiger partial charge is 0.393 e. The van der Waals surface area contributed by atoms with E-state index in [-0.39, 0.29) is 6.42 Å². The summed E-state index contributed by atoms with van der Waals surface area (Å²) in [6.07, 6.45) is -1.72. The summed E-state index contributed by atoms with van der Waals surface area (Å²) >= 11 is 0. The zero-order chi connectivity index (χ0) is 9.02. The summed E-state index contributed by atoms with van der Waals surface area (Å²) in [5.41, 5.74) is 0. The van der Waals surface area contributed by atoms with Crippen molar-refractivity contribution in [3.05, 3.63) is 10.1 Å². The third-order valence-corrected chi connectivity index (χ3v) is 1.47. The van der Waals surface area contributed by atoms with Gasteiger partial charge in [-0.25, -0.2) is 0 Å². The molecule has 0 fully saturated rings. The summed E-state index contributed by atoms with van der Waals surface area (Å²) < 4.78 is 0. The number of aliphatic hydroxyl groups is 2. The molecule has 0 heterocycles. The molecule has 2 N–H and O–H groups in total. The fraction of sp³-hybridized carbons (Fsp3) is 1.00. The van der Waals surface area contributed by atoms with E-state index < -0.39 is 23.2 Å². The average molecular weight is 163 g/mol. The van der Waals surface area contributed by atoms with E-state index in [0.29, 0.717) is 0 Å². The van der Waals surface area contributed by atoms with Crippen molar-refractivity contribution in [1.29, 1.82) is 0 Å². The normalized spacial score (nSPS) is 18.9. The lowest BCUT2D eigenvalue weighted by Crippen LogP contribution is -2.32. The monoisotopic (exact) mass is 163 g/mol. The van der Waals surface area contributed by atoms with Gasteiger partial charge in [-0.3, -0.25) is 10.1 Å². The SMILES string of the molecule is CC(O)CC(O)C(C)[N+](=O)[O-]. The first-order valence-corrected chi connectivity index (χ1v) is 3.44. The quantitative estimate of drug-likeness (QED) is 0.443. The number of hydrogen-bond donors (Lipinski definition) is 2. The minimum absolute atomic E-state index is 0.0438. The summed E-state index contributed by atoms with van der Waals surface area (Å²) in [6, 6.07) is -1.01. The van der Waals surface area contributed by atoms with Gasteiger partial charge in [0.2, 0.25) is 6.04 Å². The van der Waals surface area contributed by atoms with Gasteiger partial charge in [-0.2, -0.15) is 0 Å². The zero-order valence-corrected chi connectivity index (χ0v) is 6.60. The third-order valence-electron chi connectivity index (χ3n) is 1.47. The highest BCUT2D eigenvalue weighted by atomic mass is 16.6. The van der Waals surface area contributed by atoms with Crippen molar-refractivity contribution in [2.45, 2.75) is 38.5 Å². The van der Waals surface area contributed by atoms with Crippen LogP contribution in [0.1, 0.15) is 20.3 Å². The van der Waals surface area contributed by atoms with E-state index in [9.17, 15) is 10.1 Å². The maximum atomic E-state index is 10.1. The fourth-order valence-corrected chi connectivity index (χ4v) is 0.687. The van der Waals surface area contributed by atoms with Crippen LogP contribution in [0.2, 0.25) is 0 Å². The van der Waals surface area contributed by atoms with E-state index >= 15 is 0 Å². The number of rotatable bonds is 4. The molecule has 3 atom stereocenters. The molecule has 3 unspecified atom stereocenters. The summed E-state index contributed by atoms with van der Waals surface area (Å²) in [5.74, 6) is 0. The standard InChI is InChI=1S/C6H13NO4/c1-4(8)3-6(9)5(2)7(10)11/h4-6,8-9H,3H2,1-2H3. The summed E-state index contributed by atoms with van der Waals surface area (Å²) in [7, 11) is 0. The lowest BCUT2D eigenvalue weighted by atomic mass is 10.1. The summed E-state index contributed by atoms with van der Waals surface area (Å²) in [6.45, 7) is 2.79. The second kappa shape index (κ2) is 4.25. The van der Waals surface area contributed by atoms with Crippen LogP contribution in [-0.2, 0) is 0 Å². The number of aliphatic hydroxyl groups excluding tert-OH is 2. The Morgan fingerprint density at radius 2 is 1.91 bits per heavy atom. The smallest absolute Gasteiger partial charge is 0.235 e. The average Bonchev–Trinajstić information content (AvgIpc) is 1.84. The molecular formula is C6H13NO4. The van der Waals surface area contributed by atoms with Crippen LogP contribution < -0.4 is 0 Å². The predicted molar refractivity (Wildman–Crippen MR) is 38.8 cm³/mol. The van der Waals surface area contributed by atoms with Crippen LogP contribution in [0.25, 0.3) is 0 Å². The molecule has 66 valence electrons. The molecule has 0 aromatic heterocycles. The maximum absolute atomic E-state index is 10.1. The van der Waals surface area contributed by atoms with Crippen molar-refractivity contribution in [1.82, 2.24) is 0 Å². The Morgan fingerprint density at radius 3 is 2.18 bits per heavy atom. The van der Waals surface area contributed by atoms with E-state index in [1.165, 1.54) is 13.8 Å². The molecule has 11 heavy (non-hydrogen) atoms. The molecule has 0 bridgehead atoms. The van der Waals surface area contributed by atoms with Crippen molar-refractivity contribution >= 4 is 0 Å². The molecule has 0 radical (unpaired) electrons. The molecule has 0 saturated carbocycles. The highest BCUT2D eigenvalue weighted by Gasteiger charge is 2.24. The molecule has 0 aromatic carbocycles. The Morgan fingerprint density at radius 1 is 1.45 bits per heavy atom. The lowest BCUT2D eigenvalue weighted by Gasteiger charge is -2.12. The van der Waals surface area contributed by atoms with Gasteiger partial charge in [-0.1, -0.05) is 0 Å². The molecular weight excluding hydrogens is 150 g/mol. The Kier molecular flexibility index (Phi) is 3.99. The Labute approximate surface area is 64.8 Å². The van der Waals surface area contributed by atoms with Crippen LogP contribution in [0.15, 0.2) is 0 Å². The van der Waals surface area contributed by atoms with Gasteiger partial charge in [-0.15, -0.1) is 0 Å². The van der Waals surface area contributed by atoms with Gasteiger partial charge in [0.25, 0.3) is 0 Å². The molecule has 5 heteroatoms. The van der Waals surface area contributed by atoms with E-state index in [4.69, 9.17) is 10.2 Å². The maximum Gasteiger partial charge on any atom is 0.235 e. The van der Waals surface area contributed by atoms with E-state index in [2.05, 4.69) is 0 Å². The van der Waals surface area contributed by atoms with Crippen LogP contribution in [0.5, 0.6) is 0 Å². The molecule has 0 spiro atoms. The second-order valence-corrected chi connectivity index (χ2v) is 2.68. The minimum atomic E-state index is -1.06. The van der Waals surface area contributed by atoms with Gasteiger partial charge in [0, 0.05) is 18.3 Å². The van der Waals surface area contributed by atoms with E-state index in [1.807, 2.05) is 0 Å². The van der Waals surface area contributed by atoms with Crippen molar-refractivity contribution in [3.8, 4) is 0 Å². The Hall–Kier alpha value is -0.680. The summed E-state index contributed by atoms with van der Waals surface area (Å²) in [4.78, 5) is 9.52. The van der Waals surface area contributed by atoms with Crippen molar-refractivity contribution < 1.29 is 15.1 Å². The van der Waals surface area contributed by atoms with E-state index in [1.54, 1.807) is 0 Å². The molecule has 0 aliphatic carbocycles. The lowest BCUT2D eigenvalue weighted by molar-refractivity contribution is -0.530. The van der Waals surface area contributed by atoms with Gasteiger partial charge in [0.1, 0.15) is 6.10 Å². The van der Waals surface area contributed by atoms with E-state index in [0.717, 1.165) is 0 Å². The predicted octanol–water partition coefficient (Wildman–Crippen LogP) is -0.217. The molecule has 0 aromatic rings. The van der Waals surface area contributed by atoms with Gasteiger partial charge >= 0.3 is 0 Å². The van der Waals surface area contributed by atoms with Crippen LogP contribution in [-0.4, -0.2) is 33.4 Å². The van der Waals surface area contributed by atoms with Crippen LogP contribution in [0, 0.1) is 10.1 Å². The topological polar surface area (TPSA) is 83.6 Å². The first kappa shape index (κ1) is 10.3. The van der Waals surface area contributed by atoms with Crippen molar-refractivity contribution in [2.24, 2.45) is 0 Å². The molecule has 0 aliphatic rings. The molecule has 0 saturated heterocycles. The summed E-state index contributed by atoms with van der Waals surface area (Å²) in [5, 5.41) is 27.9. The van der Waals surface area contributed by atoms with Crippen molar-refractivity contribution in [3.63, 3.8) is 0 Å².